The number of amides is 1. The van der Waals surface area contributed by atoms with Crippen LogP contribution in [0.25, 0.3) is 0 Å². The van der Waals surface area contributed by atoms with Gasteiger partial charge in [-0.05, 0) is 37.5 Å². The third kappa shape index (κ3) is 7.25. The Morgan fingerprint density at radius 1 is 1.10 bits per heavy atom. The molecule has 2 fully saturated rings. The van der Waals surface area contributed by atoms with Crippen LogP contribution in [0.1, 0.15) is 31.4 Å². The molecule has 9 heteroatoms. The summed E-state index contributed by atoms with van der Waals surface area (Å²) in [6.07, 6.45) is 1.59. The normalized spacial score (nSPS) is 18.8. The van der Waals surface area contributed by atoms with E-state index in [0.717, 1.165) is 70.2 Å². The molecule has 1 amide bonds. The quantitative estimate of drug-likeness (QED) is 0.324. The second-order valence-corrected chi connectivity index (χ2v) is 8.05. The summed E-state index contributed by atoms with van der Waals surface area (Å²) in [5.41, 5.74) is 0.805. The monoisotopic (exact) mass is 549 g/mol. The number of aliphatic hydroxyl groups is 1. The van der Waals surface area contributed by atoms with Crippen LogP contribution in [0.4, 0.5) is 0 Å². The van der Waals surface area contributed by atoms with Crippen molar-refractivity contribution in [2.45, 2.75) is 25.9 Å². The first-order valence-electron chi connectivity index (χ1n) is 10.5. The number of hydrogen-bond acceptors (Lipinski definition) is 4. The van der Waals surface area contributed by atoms with Crippen LogP contribution in [-0.4, -0.2) is 90.6 Å². The van der Waals surface area contributed by atoms with Crippen molar-refractivity contribution in [1.29, 1.82) is 0 Å². The van der Waals surface area contributed by atoms with Gasteiger partial charge in [0.2, 0.25) is 5.91 Å². The number of nitrogens with one attached hydrogen (secondary N) is 1. The first-order chi connectivity index (χ1) is 14.1. The molecular formula is C21H33ClIN5O2. The predicted molar refractivity (Wildman–Crippen MR) is 132 cm³/mol. The van der Waals surface area contributed by atoms with E-state index in [4.69, 9.17) is 11.6 Å². The van der Waals surface area contributed by atoms with Gasteiger partial charge in [0.1, 0.15) is 0 Å². The van der Waals surface area contributed by atoms with Crippen LogP contribution in [0.5, 0.6) is 0 Å². The van der Waals surface area contributed by atoms with E-state index in [0.29, 0.717) is 11.6 Å². The molecule has 2 aliphatic heterocycles. The minimum atomic E-state index is -0.666. The fraction of sp³-hybridized carbons (Fsp3) is 0.619. The summed E-state index contributed by atoms with van der Waals surface area (Å²) in [4.78, 5) is 23.4. The Morgan fingerprint density at radius 2 is 1.73 bits per heavy atom. The van der Waals surface area contributed by atoms with E-state index < -0.39 is 6.10 Å². The lowest BCUT2D eigenvalue weighted by Gasteiger charge is -2.36. The predicted octanol–water partition coefficient (Wildman–Crippen LogP) is 2.20. The van der Waals surface area contributed by atoms with E-state index in [-0.39, 0.29) is 36.4 Å². The van der Waals surface area contributed by atoms with Gasteiger partial charge in [-0.3, -0.25) is 14.7 Å². The summed E-state index contributed by atoms with van der Waals surface area (Å²) in [5.74, 6) is 1.06. The van der Waals surface area contributed by atoms with Gasteiger partial charge < -0.3 is 20.2 Å². The number of carbonyl (C=O) groups excluding carboxylic acids is 1. The first-order valence-corrected chi connectivity index (χ1v) is 10.9. The largest absolute Gasteiger partial charge is 0.386 e. The highest BCUT2D eigenvalue weighted by atomic mass is 127. The van der Waals surface area contributed by atoms with Crippen LogP contribution < -0.4 is 5.32 Å². The number of halogens is 2. The number of nitrogens with zero attached hydrogens (tertiary/aromatic N) is 4. The van der Waals surface area contributed by atoms with Crippen molar-refractivity contribution in [3.63, 3.8) is 0 Å². The number of likely N-dealkylation sites (tertiary alicyclic amines) is 1. The third-order valence-corrected chi connectivity index (χ3v) is 5.75. The molecule has 0 spiro atoms. The average Bonchev–Trinajstić information content (AvgIpc) is 3.27. The molecule has 1 atom stereocenters. The second kappa shape index (κ2) is 12.7. The Bertz CT molecular complexity index is 689. The van der Waals surface area contributed by atoms with Gasteiger partial charge in [-0.1, -0.05) is 23.7 Å². The molecule has 30 heavy (non-hydrogen) atoms. The van der Waals surface area contributed by atoms with E-state index in [1.807, 2.05) is 24.0 Å². The van der Waals surface area contributed by atoms with Crippen LogP contribution in [0.2, 0.25) is 5.02 Å². The molecule has 0 radical (unpaired) electrons. The number of aliphatic imine (C=N–C) groups is 1. The zero-order chi connectivity index (χ0) is 20.6. The van der Waals surface area contributed by atoms with Gasteiger partial charge in [0, 0.05) is 50.8 Å². The van der Waals surface area contributed by atoms with Crippen molar-refractivity contribution in [2.75, 3.05) is 58.9 Å². The summed E-state index contributed by atoms with van der Waals surface area (Å²) in [5, 5.41) is 14.4. The van der Waals surface area contributed by atoms with Gasteiger partial charge in [-0.25, -0.2) is 0 Å². The molecule has 168 valence electrons. The van der Waals surface area contributed by atoms with Crippen LogP contribution in [-0.2, 0) is 4.79 Å². The highest BCUT2D eigenvalue weighted by molar-refractivity contribution is 14.0. The van der Waals surface area contributed by atoms with Crippen LogP contribution in [0, 0.1) is 0 Å². The Labute approximate surface area is 201 Å². The lowest BCUT2D eigenvalue weighted by atomic mass is 10.1. The summed E-state index contributed by atoms with van der Waals surface area (Å²) < 4.78 is 0. The van der Waals surface area contributed by atoms with E-state index in [9.17, 15) is 9.90 Å². The highest BCUT2D eigenvalue weighted by Crippen LogP contribution is 2.17. The van der Waals surface area contributed by atoms with Crippen molar-refractivity contribution in [3.05, 3.63) is 34.9 Å². The van der Waals surface area contributed by atoms with E-state index in [1.54, 1.807) is 12.1 Å². The number of piperazine rings is 1. The van der Waals surface area contributed by atoms with Gasteiger partial charge in [0.15, 0.2) is 5.96 Å². The molecule has 0 bridgehead atoms. The zero-order valence-electron chi connectivity index (χ0n) is 17.6. The summed E-state index contributed by atoms with van der Waals surface area (Å²) in [6, 6.07) is 7.20. The lowest BCUT2D eigenvalue weighted by Crippen LogP contribution is -2.54. The van der Waals surface area contributed by atoms with Crippen LogP contribution in [0.15, 0.2) is 29.3 Å². The van der Waals surface area contributed by atoms with Gasteiger partial charge >= 0.3 is 0 Å². The molecule has 0 saturated carbocycles. The molecule has 2 N–H and O–H groups in total. The summed E-state index contributed by atoms with van der Waals surface area (Å²) >= 11 is 5.91. The van der Waals surface area contributed by atoms with Crippen LogP contribution >= 0.6 is 35.6 Å². The van der Waals surface area contributed by atoms with Crippen molar-refractivity contribution >= 4 is 47.4 Å². The van der Waals surface area contributed by atoms with Crippen molar-refractivity contribution in [2.24, 2.45) is 4.99 Å². The van der Waals surface area contributed by atoms with Gasteiger partial charge in [0.25, 0.3) is 0 Å². The molecule has 3 rings (SSSR count). The molecule has 0 aliphatic carbocycles. The molecule has 0 aromatic heterocycles. The molecule has 7 nitrogen and oxygen atoms in total. The molecule has 2 saturated heterocycles. The fourth-order valence-corrected chi connectivity index (χ4v) is 3.89. The number of benzene rings is 1. The SMILES string of the molecule is CCNC(=NCC(O)c1ccc(Cl)cc1)N1CCN(CC(=O)N2CCCC2)CC1.I. The van der Waals surface area contributed by atoms with Gasteiger partial charge in [0.05, 0.1) is 19.2 Å². The summed E-state index contributed by atoms with van der Waals surface area (Å²) in [6.45, 7) is 8.73. The molecule has 1 unspecified atom stereocenters. The highest BCUT2D eigenvalue weighted by Gasteiger charge is 2.24. The maximum absolute atomic E-state index is 12.4. The van der Waals surface area contributed by atoms with Crippen LogP contribution in [0.3, 0.4) is 0 Å². The van der Waals surface area contributed by atoms with Gasteiger partial charge in [-0.2, -0.15) is 0 Å². The number of rotatable bonds is 6. The second-order valence-electron chi connectivity index (χ2n) is 7.61. The Morgan fingerprint density at radius 3 is 2.33 bits per heavy atom. The minimum Gasteiger partial charge on any atom is -0.386 e. The van der Waals surface area contributed by atoms with Crippen molar-refractivity contribution < 1.29 is 9.90 Å². The Kier molecular flexibility index (Phi) is 10.6. The Balaban J connectivity index is 0.00000320. The fourth-order valence-electron chi connectivity index (χ4n) is 3.76. The average molecular weight is 550 g/mol. The van der Waals surface area contributed by atoms with E-state index in [2.05, 4.69) is 20.1 Å². The number of aliphatic hydroxyl groups excluding tert-OH is 1. The number of carbonyl (C=O) groups is 1. The lowest BCUT2D eigenvalue weighted by molar-refractivity contribution is -0.131. The minimum absolute atomic E-state index is 0. The molecular weight excluding hydrogens is 517 g/mol. The zero-order valence-corrected chi connectivity index (χ0v) is 20.7. The molecule has 1 aromatic carbocycles. The number of guanidine groups is 1. The maximum atomic E-state index is 12.4. The maximum Gasteiger partial charge on any atom is 0.236 e. The molecule has 1 aromatic rings. The van der Waals surface area contributed by atoms with E-state index in [1.165, 1.54) is 0 Å². The smallest absolute Gasteiger partial charge is 0.236 e. The Hall–Kier alpha value is -1.10. The molecule has 2 aliphatic rings. The standard InChI is InChI=1S/C21H32ClN5O2.HI/c1-2-23-21(24-15-19(28)17-5-7-18(22)8-6-17)27-13-11-25(12-14-27)16-20(29)26-9-3-4-10-26;/h5-8,19,28H,2-4,9-16H2,1H3,(H,23,24);1H. The summed E-state index contributed by atoms with van der Waals surface area (Å²) in [7, 11) is 0. The van der Waals surface area contributed by atoms with Gasteiger partial charge in [-0.15, -0.1) is 24.0 Å². The number of hydrogen-bond donors (Lipinski definition) is 2. The van der Waals surface area contributed by atoms with Crippen molar-refractivity contribution in [3.8, 4) is 0 Å². The third-order valence-electron chi connectivity index (χ3n) is 5.49. The topological polar surface area (TPSA) is 71.4 Å². The van der Waals surface area contributed by atoms with Crippen molar-refractivity contribution in [1.82, 2.24) is 20.0 Å². The first kappa shape index (κ1) is 25.2. The molecule has 2 heterocycles. The van der Waals surface area contributed by atoms with E-state index >= 15 is 0 Å².